The molecule has 0 spiro atoms. The lowest BCUT2D eigenvalue weighted by atomic mass is 10.1. The molecular formula is C18H22ClNO2. The third-order valence-corrected chi connectivity index (χ3v) is 3.65. The molecule has 0 radical (unpaired) electrons. The summed E-state index contributed by atoms with van der Waals surface area (Å²) >= 11 is 6.35. The molecule has 3 nitrogen and oxygen atoms in total. The fourth-order valence-electron chi connectivity index (χ4n) is 2.12. The molecule has 2 aromatic carbocycles. The first kappa shape index (κ1) is 16.7. The second-order valence-electron chi connectivity index (χ2n) is 5.16. The van der Waals surface area contributed by atoms with Crippen LogP contribution in [0.3, 0.4) is 0 Å². The number of aryl methyl sites for hydroxylation is 1. The third-order valence-electron chi connectivity index (χ3n) is 3.37. The lowest BCUT2D eigenvalue weighted by molar-refractivity contribution is 0.284. The number of halogens is 1. The van der Waals surface area contributed by atoms with E-state index in [2.05, 4.69) is 43.4 Å². The summed E-state index contributed by atoms with van der Waals surface area (Å²) in [7, 11) is 1.63. The first-order chi connectivity index (χ1) is 10.6. The SMILES string of the molecule is CCNCc1cc(Cl)c(OCc2ccc(C)cc2)c(OC)c1. The van der Waals surface area contributed by atoms with E-state index in [1.54, 1.807) is 7.11 Å². The van der Waals surface area contributed by atoms with Crippen LogP contribution in [0.1, 0.15) is 23.6 Å². The maximum atomic E-state index is 6.35. The van der Waals surface area contributed by atoms with Gasteiger partial charge in [-0.2, -0.15) is 0 Å². The Morgan fingerprint density at radius 2 is 1.82 bits per heavy atom. The van der Waals surface area contributed by atoms with Gasteiger partial charge in [0.1, 0.15) is 6.61 Å². The number of ether oxygens (including phenoxy) is 2. The number of rotatable bonds is 7. The quantitative estimate of drug-likeness (QED) is 0.823. The average molecular weight is 320 g/mol. The Bertz CT molecular complexity index is 611. The summed E-state index contributed by atoms with van der Waals surface area (Å²) in [5, 5.41) is 3.84. The molecule has 0 saturated heterocycles. The van der Waals surface area contributed by atoms with Crippen LogP contribution in [0.15, 0.2) is 36.4 Å². The molecule has 22 heavy (non-hydrogen) atoms. The van der Waals surface area contributed by atoms with Crippen molar-refractivity contribution in [3.05, 3.63) is 58.1 Å². The van der Waals surface area contributed by atoms with E-state index in [1.165, 1.54) is 5.56 Å². The molecule has 1 N–H and O–H groups in total. The zero-order valence-corrected chi connectivity index (χ0v) is 14.0. The van der Waals surface area contributed by atoms with Crippen LogP contribution in [0.4, 0.5) is 0 Å². The van der Waals surface area contributed by atoms with Crippen molar-refractivity contribution in [1.29, 1.82) is 0 Å². The van der Waals surface area contributed by atoms with Crippen LogP contribution in [-0.2, 0) is 13.2 Å². The van der Waals surface area contributed by atoms with Crippen LogP contribution in [0.25, 0.3) is 0 Å². The van der Waals surface area contributed by atoms with Crippen LogP contribution < -0.4 is 14.8 Å². The van der Waals surface area contributed by atoms with Gasteiger partial charge in [0.15, 0.2) is 11.5 Å². The van der Waals surface area contributed by atoms with Gasteiger partial charge in [-0.25, -0.2) is 0 Å². The van der Waals surface area contributed by atoms with E-state index in [-0.39, 0.29) is 0 Å². The highest BCUT2D eigenvalue weighted by atomic mass is 35.5. The van der Waals surface area contributed by atoms with Gasteiger partial charge >= 0.3 is 0 Å². The summed E-state index contributed by atoms with van der Waals surface area (Å²) in [6.45, 7) is 6.25. The fraction of sp³-hybridized carbons (Fsp3) is 0.333. The zero-order chi connectivity index (χ0) is 15.9. The molecule has 2 rings (SSSR count). The minimum absolute atomic E-state index is 0.461. The smallest absolute Gasteiger partial charge is 0.180 e. The van der Waals surface area contributed by atoms with Crippen molar-refractivity contribution in [2.45, 2.75) is 27.0 Å². The summed E-state index contributed by atoms with van der Waals surface area (Å²) in [6.07, 6.45) is 0. The van der Waals surface area contributed by atoms with Crippen LogP contribution in [0, 0.1) is 6.92 Å². The lowest BCUT2D eigenvalue weighted by Gasteiger charge is -2.14. The van der Waals surface area contributed by atoms with Crippen molar-refractivity contribution >= 4 is 11.6 Å². The Labute approximate surface area is 137 Å². The molecule has 0 amide bonds. The van der Waals surface area contributed by atoms with Gasteiger partial charge in [0.05, 0.1) is 12.1 Å². The molecule has 4 heteroatoms. The van der Waals surface area contributed by atoms with Gasteiger partial charge in [0.2, 0.25) is 0 Å². The zero-order valence-electron chi connectivity index (χ0n) is 13.3. The van der Waals surface area contributed by atoms with E-state index < -0.39 is 0 Å². The monoisotopic (exact) mass is 319 g/mol. The number of hydrogen-bond acceptors (Lipinski definition) is 3. The molecule has 0 aromatic heterocycles. The Kier molecular flexibility index (Phi) is 6.10. The standard InChI is InChI=1S/C18H22ClNO2/c1-4-20-11-15-9-16(19)18(17(10-15)21-3)22-12-14-7-5-13(2)6-8-14/h5-10,20H,4,11-12H2,1-3H3. The Morgan fingerprint density at radius 1 is 1.09 bits per heavy atom. The van der Waals surface area contributed by atoms with Crippen LogP contribution in [0.2, 0.25) is 5.02 Å². The van der Waals surface area contributed by atoms with Crippen molar-refractivity contribution in [2.24, 2.45) is 0 Å². The molecule has 0 aliphatic carbocycles. The third kappa shape index (κ3) is 4.39. The fourth-order valence-corrected chi connectivity index (χ4v) is 2.41. The molecule has 0 saturated carbocycles. The van der Waals surface area contributed by atoms with E-state index in [0.29, 0.717) is 23.1 Å². The van der Waals surface area contributed by atoms with E-state index in [1.807, 2.05) is 12.1 Å². The average Bonchev–Trinajstić information content (AvgIpc) is 2.53. The number of hydrogen-bond donors (Lipinski definition) is 1. The molecule has 0 fully saturated rings. The second-order valence-corrected chi connectivity index (χ2v) is 5.57. The van der Waals surface area contributed by atoms with Crippen LogP contribution in [0.5, 0.6) is 11.5 Å². The summed E-state index contributed by atoms with van der Waals surface area (Å²) in [5.41, 5.74) is 3.40. The van der Waals surface area contributed by atoms with E-state index >= 15 is 0 Å². The molecule has 0 unspecified atom stereocenters. The van der Waals surface area contributed by atoms with Crippen LogP contribution >= 0.6 is 11.6 Å². The van der Waals surface area contributed by atoms with Gasteiger partial charge in [-0.3, -0.25) is 0 Å². The Balaban J connectivity index is 2.13. The van der Waals surface area contributed by atoms with Crippen molar-refractivity contribution in [1.82, 2.24) is 5.32 Å². The van der Waals surface area contributed by atoms with Crippen molar-refractivity contribution in [3.8, 4) is 11.5 Å². The summed E-state index contributed by atoms with van der Waals surface area (Å²) in [5.74, 6) is 1.25. The van der Waals surface area contributed by atoms with Gasteiger partial charge in [-0.05, 0) is 36.7 Å². The molecule has 0 aliphatic heterocycles. The van der Waals surface area contributed by atoms with Gasteiger partial charge in [-0.15, -0.1) is 0 Å². The maximum Gasteiger partial charge on any atom is 0.180 e. The lowest BCUT2D eigenvalue weighted by Crippen LogP contribution is -2.12. The first-order valence-corrected chi connectivity index (χ1v) is 7.77. The largest absolute Gasteiger partial charge is 0.493 e. The Hall–Kier alpha value is -1.71. The number of nitrogens with one attached hydrogen (secondary N) is 1. The topological polar surface area (TPSA) is 30.5 Å². The molecule has 0 atom stereocenters. The number of methoxy groups -OCH3 is 1. The molecular weight excluding hydrogens is 298 g/mol. The molecule has 0 heterocycles. The maximum absolute atomic E-state index is 6.35. The highest BCUT2D eigenvalue weighted by Crippen LogP contribution is 2.37. The van der Waals surface area contributed by atoms with Crippen molar-refractivity contribution < 1.29 is 9.47 Å². The summed E-state index contributed by atoms with van der Waals surface area (Å²) < 4.78 is 11.3. The second kappa shape index (κ2) is 8.06. The van der Waals surface area contributed by atoms with Gasteiger partial charge in [-0.1, -0.05) is 48.4 Å². The highest BCUT2D eigenvalue weighted by Gasteiger charge is 2.12. The summed E-state index contributed by atoms with van der Waals surface area (Å²) in [4.78, 5) is 0. The minimum Gasteiger partial charge on any atom is -0.493 e. The Morgan fingerprint density at radius 3 is 2.45 bits per heavy atom. The van der Waals surface area contributed by atoms with E-state index in [4.69, 9.17) is 21.1 Å². The van der Waals surface area contributed by atoms with Crippen molar-refractivity contribution in [2.75, 3.05) is 13.7 Å². The van der Waals surface area contributed by atoms with Crippen LogP contribution in [-0.4, -0.2) is 13.7 Å². The van der Waals surface area contributed by atoms with Crippen molar-refractivity contribution in [3.63, 3.8) is 0 Å². The minimum atomic E-state index is 0.461. The molecule has 2 aromatic rings. The molecule has 118 valence electrons. The van der Waals surface area contributed by atoms with Gasteiger partial charge < -0.3 is 14.8 Å². The predicted octanol–water partition coefficient (Wildman–Crippen LogP) is 4.35. The van der Waals surface area contributed by atoms with Gasteiger partial charge in [0, 0.05) is 6.54 Å². The van der Waals surface area contributed by atoms with E-state index in [9.17, 15) is 0 Å². The van der Waals surface area contributed by atoms with E-state index in [0.717, 1.165) is 24.2 Å². The number of benzene rings is 2. The molecule has 0 bridgehead atoms. The van der Waals surface area contributed by atoms with Gasteiger partial charge in [0.25, 0.3) is 0 Å². The predicted molar refractivity (Wildman–Crippen MR) is 90.9 cm³/mol. The summed E-state index contributed by atoms with van der Waals surface area (Å²) in [6, 6.07) is 12.1. The highest BCUT2D eigenvalue weighted by molar-refractivity contribution is 6.32. The first-order valence-electron chi connectivity index (χ1n) is 7.39. The normalized spacial score (nSPS) is 10.5. The molecule has 0 aliphatic rings.